The monoisotopic (exact) mass is 376 g/mol. The molecule has 1 unspecified atom stereocenters. The smallest absolute Gasteiger partial charge is 0.254 e. The van der Waals surface area contributed by atoms with Gasteiger partial charge in [0.1, 0.15) is 24.6 Å². The second kappa shape index (κ2) is 7.01. The van der Waals surface area contributed by atoms with E-state index in [0.29, 0.717) is 18.2 Å². The van der Waals surface area contributed by atoms with E-state index in [-0.39, 0.29) is 6.04 Å². The largest absolute Gasteiger partial charge is 0.377 e. The first-order valence-electron chi connectivity index (χ1n) is 9.27. The van der Waals surface area contributed by atoms with E-state index in [0.717, 1.165) is 42.3 Å². The Morgan fingerprint density at radius 1 is 1.21 bits per heavy atom. The number of benzene rings is 1. The van der Waals surface area contributed by atoms with Crippen LogP contribution < -0.4 is 5.32 Å². The van der Waals surface area contributed by atoms with Crippen molar-refractivity contribution in [3.8, 4) is 11.3 Å². The zero-order chi connectivity index (χ0) is 18.9. The van der Waals surface area contributed by atoms with E-state index in [1.54, 1.807) is 11.6 Å². The van der Waals surface area contributed by atoms with Gasteiger partial charge < -0.3 is 10.1 Å². The molecule has 0 radical (unpaired) electrons. The Balaban J connectivity index is 1.53. The highest BCUT2D eigenvalue weighted by atomic mass is 16.5. The maximum Gasteiger partial charge on any atom is 0.254 e. The van der Waals surface area contributed by atoms with E-state index in [1.165, 1.54) is 6.33 Å². The van der Waals surface area contributed by atoms with Crippen LogP contribution in [0.25, 0.3) is 17.0 Å². The zero-order valence-electron chi connectivity index (χ0n) is 15.5. The average Bonchev–Trinajstić information content (AvgIpc) is 3.36. The number of rotatable bonds is 5. The topological polar surface area (TPSA) is 95.0 Å². The number of aryl methyl sites for hydroxylation is 1. The maximum absolute atomic E-state index is 5.18. The predicted octanol–water partition coefficient (Wildman–Crippen LogP) is 2.48. The molecule has 0 bridgehead atoms. The Kier molecular flexibility index (Phi) is 4.21. The van der Waals surface area contributed by atoms with Gasteiger partial charge in [0.2, 0.25) is 0 Å². The fourth-order valence-electron chi connectivity index (χ4n) is 3.58. The quantitative estimate of drug-likeness (QED) is 0.572. The summed E-state index contributed by atoms with van der Waals surface area (Å²) >= 11 is 0. The summed E-state index contributed by atoms with van der Waals surface area (Å²) in [4.78, 5) is 13.6. The SMILES string of the molecule is COCc1nc2n(n1)CCCC2Nc1cc(-c2ccccc2)nc2ncnn12. The molecule has 0 aliphatic carbocycles. The van der Waals surface area contributed by atoms with Crippen LogP contribution in [0.3, 0.4) is 0 Å². The lowest BCUT2D eigenvalue weighted by Gasteiger charge is -2.24. The Morgan fingerprint density at radius 2 is 2.11 bits per heavy atom. The number of fused-ring (bicyclic) bond motifs is 2. The first kappa shape index (κ1) is 16.8. The van der Waals surface area contributed by atoms with Gasteiger partial charge in [-0.2, -0.15) is 19.7 Å². The number of aromatic nitrogens is 7. The van der Waals surface area contributed by atoms with Gasteiger partial charge in [-0.05, 0) is 12.8 Å². The highest BCUT2D eigenvalue weighted by Gasteiger charge is 2.25. The van der Waals surface area contributed by atoms with Gasteiger partial charge in [-0.25, -0.2) is 14.6 Å². The van der Waals surface area contributed by atoms with Crippen molar-refractivity contribution >= 4 is 11.6 Å². The van der Waals surface area contributed by atoms with Crippen LogP contribution in [0.1, 0.15) is 30.5 Å². The molecule has 4 aromatic rings. The molecule has 28 heavy (non-hydrogen) atoms. The van der Waals surface area contributed by atoms with E-state index in [4.69, 9.17) is 4.74 Å². The lowest BCUT2D eigenvalue weighted by molar-refractivity contribution is 0.177. The third kappa shape index (κ3) is 2.99. The van der Waals surface area contributed by atoms with Crippen molar-refractivity contribution in [1.82, 2.24) is 34.3 Å². The third-order valence-electron chi connectivity index (χ3n) is 4.84. The summed E-state index contributed by atoms with van der Waals surface area (Å²) in [5.41, 5.74) is 1.88. The minimum Gasteiger partial charge on any atom is -0.377 e. The average molecular weight is 376 g/mol. The van der Waals surface area contributed by atoms with Crippen molar-refractivity contribution in [1.29, 1.82) is 0 Å². The minimum absolute atomic E-state index is 0.0327. The molecule has 1 N–H and O–H groups in total. The molecule has 0 amide bonds. The zero-order valence-corrected chi connectivity index (χ0v) is 15.5. The second-order valence-electron chi connectivity index (χ2n) is 6.75. The fourth-order valence-corrected chi connectivity index (χ4v) is 3.58. The normalized spacial score (nSPS) is 16.2. The Hall–Kier alpha value is -3.33. The van der Waals surface area contributed by atoms with Gasteiger partial charge in [0, 0.05) is 25.3 Å². The van der Waals surface area contributed by atoms with Crippen LogP contribution in [0.2, 0.25) is 0 Å². The van der Waals surface area contributed by atoms with E-state index in [2.05, 4.69) is 30.5 Å². The lowest BCUT2D eigenvalue weighted by Crippen LogP contribution is -2.23. The third-order valence-corrected chi connectivity index (χ3v) is 4.84. The van der Waals surface area contributed by atoms with Crippen molar-refractivity contribution in [2.75, 3.05) is 12.4 Å². The summed E-state index contributed by atoms with van der Waals surface area (Å²) < 4.78 is 8.87. The van der Waals surface area contributed by atoms with Crippen LogP contribution in [0.15, 0.2) is 42.7 Å². The number of ether oxygens (including phenoxy) is 1. The van der Waals surface area contributed by atoms with Crippen LogP contribution in [0.4, 0.5) is 5.82 Å². The Morgan fingerprint density at radius 3 is 2.96 bits per heavy atom. The second-order valence-corrected chi connectivity index (χ2v) is 6.75. The summed E-state index contributed by atoms with van der Waals surface area (Å²) in [6.07, 6.45) is 3.50. The maximum atomic E-state index is 5.18. The summed E-state index contributed by atoms with van der Waals surface area (Å²) in [5.74, 6) is 3.01. The van der Waals surface area contributed by atoms with Crippen molar-refractivity contribution in [2.24, 2.45) is 0 Å². The van der Waals surface area contributed by atoms with Gasteiger partial charge in [0.15, 0.2) is 5.82 Å². The molecule has 0 saturated carbocycles. The summed E-state index contributed by atoms with van der Waals surface area (Å²) in [6.45, 7) is 1.28. The van der Waals surface area contributed by atoms with Crippen LogP contribution in [-0.2, 0) is 17.9 Å². The first-order chi connectivity index (χ1) is 13.8. The summed E-state index contributed by atoms with van der Waals surface area (Å²) in [5, 5.41) is 12.5. The van der Waals surface area contributed by atoms with Gasteiger partial charge in [0.05, 0.1) is 11.7 Å². The number of hydrogen-bond acceptors (Lipinski definition) is 7. The van der Waals surface area contributed by atoms with E-state index in [9.17, 15) is 0 Å². The van der Waals surface area contributed by atoms with Crippen molar-refractivity contribution in [3.63, 3.8) is 0 Å². The minimum atomic E-state index is 0.0327. The number of anilines is 1. The molecular weight excluding hydrogens is 356 g/mol. The summed E-state index contributed by atoms with van der Waals surface area (Å²) in [6, 6.07) is 12.1. The number of nitrogens with one attached hydrogen (secondary N) is 1. The molecule has 0 fully saturated rings. The molecule has 1 aliphatic rings. The van der Waals surface area contributed by atoms with Gasteiger partial charge in [-0.1, -0.05) is 30.3 Å². The van der Waals surface area contributed by atoms with Crippen molar-refractivity contribution in [2.45, 2.75) is 32.0 Å². The van der Waals surface area contributed by atoms with E-state index in [1.807, 2.05) is 41.1 Å². The molecule has 3 aromatic heterocycles. The molecule has 5 rings (SSSR count). The van der Waals surface area contributed by atoms with Gasteiger partial charge in [0.25, 0.3) is 5.78 Å². The predicted molar refractivity (Wildman–Crippen MR) is 103 cm³/mol. The molecule has 1 atom stereocenters. The summed E-state index contributed by atoms with van der Waals surface area (Å²) in [7, 11) is 1.65. The Bertz CT molecular complexity index is 1100. The van der Waals surface area contributed by atoms with E-state index >= 15 is 0 Å². The Labute approximate surface area is 161 Å². The first-order valence-corrected chi connectivity index (χ1v) is 9.27. The number of methoxy groups -OCH3 is 1. The molecule has 142 valence electrons. The highest BCUT2D eigenvalue weighted by Crippen LogP contribution is 2.29. The molecule has 4 heterocycles. The van der Waals surface area contributed by atoms with Crippen LogP contribution in [0.5, 0.6) is 0 Å². The molecular formula is C19H20N8O. The molecule has 0 saturated heterocycles. The fraction of sp³-hybridized carbons (Fsp3) is 0.316. The molecule has 1 aromatic carbocycles. The van der Waals surface area contributed by atoms with Crippen LogP contribution in [0, 0.1) is 0 Å². The van der Waals surface area contributed by atoms with E-state index < -0.39 is 0 Å². The van der Waals surface area contributed by atoms with Crippen LogP contribution >= 0.6 is 0 Å². The van der Waals surface area contributed by atoms with Crippen LogP contribution in [-0.4, -0.2) is 41.5 Å². The number of hydrogen-bond donors (Lipinski definition) is 1. The molecule has 9 heteroatoms. The highest BCUT2D eigenvalue weighted by molar-refractivity contribution is 5.65. The molecule has 9 nitrogen and oxygen atoms in total. The lowest BCUT2D eigenvalue weighted by atomic mass is 10.1. The molecule has 1 aliphatic heterocycles. The van der Waals surface area contributed by atoms with Gasteiger partial charge in [-0.3, -0.25) is 0 Å². The van der Waals surface area contributed by atoms with Gasteiger partial charge in [-0.15, -0.1) is 0 Å². The van der Waals surface area contributed by atoms with Gasteiger partial charge >= 0.3 is 0 Å². The van der Waals surface area contributed by atoms with Crippen molar-refractivity contribution < 1.29 is 4.74 Å². The number of nitrogens with zero attached hydrogens (tertiary/aromatic N) is 7. The standard InChI is InChI=1S/C19H20N8O/c1-28-11-16-24-18-14(8-5-9-26(18)25-16)22-17-10-15(13-6-3-2-4-7-13)23-19-20-12-21-27(17)19/h2-4,6-7,10,12,14,22H,5,8-9,11H2,1H3. The van der Waals surface area contributed by atoms with Crippen molar-refractivity contribution in [3.05, 3.63) is 54.4 Å². The molecule has 0 spiro atoms.